The average Bonchev–Trinajstić information content (AvgIpc) is 2.94. The first-order chi connectivity index (χ1) is 8.99. The summed E-state index contributed by atoms with van der Waals surface area (Å²) in [5.41, 5.74) is 2.51. The normalized spacial score (nSPS) is 21.5. The van der Waals surface area contributed by atoms with Crippen molar-refractivity contribution in [1.29, 1.82) is 0 Å². The molecule has 0 amide bonds. The molecule has 1 aromatic rings. The second kappa shape index (κ2) is 6.06. The molecule has 0 spiro atoms. The summed E-state index contributed by atoms with van der Waals surface area (Å²) >= 11 is 0. The van der Waals surface area contributed by atoms with Gasteiger partial charge in [-0.05, 0) is 47.1 Å². The molecule has 0 saturated carbocycles. The lowest BCUT2D eigenvalue weighted by Gasteiger charge is -2.34. The fraction of sp³-hybridized carbons (Fsp3) is 0.800. The van der Waals surface area contributed by atoms with Gasteiger partial charge in [-0.3, -0.25) is 9.58 Å². The van der Waals surface area contributed by atoms with Crippen LogP contribution in [0.15, 0.2) is 6.20 Å². The lowest BCUT2D eigenvalue weighted by molar-refractivity contribution is 0.149. The minimum absolute atomic E-state index is 0.427. The average molecular weight is 264 g/mol. The van der Waals surface area contributed by atoms with E-state index in [0.29, 0.717) is 18.1 Å². The van der Waals surface area contributed by atoms with E-state index in [2.05, 4.69) is 49.2 Å². The Morgan fingerprint density at radius 3 is 2.68 bits per heavy atom. The molecule has 2 atom stereocenters. The zero-order valence-electron chi connectivity index (χ0n) is 13.0. The van der Waals surface area contributed by atoms with E-state index in [4.69, 9.17) is 0 Å². The van der Waals surface area contributed by atoms with E-state index in [0.717, 1.165) is 12.2 Å². The summed E-state index contributed by atoms with van der Waals surface area (Å²) in [5, 5.41) is 8.09. The molecule has 0 bridgehead atoms. The van der Waals surface area contributed by atoms with Crippen molar-refractivity contribution in [2.45, 2.75) is 58.7 Å². The molecule has 2 rings (SSSR count). The molecule has 1 aliphatic heterocycles. The third-order valence-corrected chi connectivity index (χ3v) is 4.26. The number of rotatable bonds is 5. The van der Waals surface area contributed by atoms with Crippen LogP contribution < -0.4 is 5.32 Å². The third-order valence-electron chi connectivity index (χ3n) is 4.26. The van der Waals surface area contributed by atoms with Crippen LogP contribution in [-0.4, -0.2) is 39.9 Å². The van der Waals surface area contributed by atoms with E-state index in [1.54, 1.807) is 0 Å². The van der Waals surface area contributed by atoms with Gasteiger partial charge < -0.3 is 5.32 Å². The van der Waals surface area contributed by atoms with Crippen LogP contribution in [-0.2, 0) is 7.05 Å². The Labute approximate surface area is 117 Å². The number of aromatic nitrogens is 2. The van der Waals surface area contributed by atoms with Crippen LogP contribution in [0.2, 0.25) is 0 Å². The lowest BCUT2D eigenvalue weighted by Crippen LogP contribution is -2.42. The summed E-state index contributed by atoms with van der Waals surface area (Å²) < 4.78 is 1.92. The predicted molar refractivity (Wildman–Crippen MR) is 79.2 cm³/mol. The first-order valence-corrected chi connectivity index (χ1v) is 7.48. The van der Waals surface area contributed by atoms with Crippen molar-refractivity contribution >= 4 is 0 Å². The van der Waals surface area contributed by atoms with Crippen molar-refractivity contribution in [3.05, 3.63) is 17.5 Å². The maximum Gasteiger partial charge on any atom is 0.0641 e. The largest absolute Gasteiger partial charge is 0.313 e. The summed E-state index contributed by atoms with van der Waals surface area (Å²) in [5.74, 6) is 0. The fourth-order valence-electron chi connectivity index (χ4n) is 3.19. The minimum Gasteiger partial charge on any atom is -0.313 e. The van der Waals surface area contributed by atoms with Crippen molar-refractivity contribution in [2.24, 2.45) is 7.05 Å². The summed E-state index contributed by atoms with van der Waals surface area (Å²) in [4.78, 5) is 2.59. The van der Waals surface area contributed by atoms with Gasteiger partial charge in [0.2, 0.25) is 0 Å². The molecule has 1 N–H and O–H groups in total. The lowest BCUT2D eigenvalue weighted by atomic mass is 10.0. The molecule has 0 aliphatic carbocycles. The Kier molecular flexibility index (Phi) is 4.63. The first-order valence-electron chi connectivity index (χ1n) is 7.48. The van der Waals surface area contributed by atoms with Gasteiger partial charge in [0.05, 0.1) is 5.69 Å². The first kappa shape index (κ1) is 14.5. The topological polar surface area (TPSA) is 33.1 Å². The Morgan fingerprint density at radius 1 is 1.47 bits per heavy atom. The van der Waals surface area contributed by atoms with Crippen molar-refractivity contribution in [2.75, 3.05) is 13.1 Å². The Morgan fingerprint density at radius 2 is 2.21 bits per heavy atom. The molecular weight excluding hydrogens is 236 g/mol. The molecule has 1 aromatic heterocycles. The van der Waals surface area contributed by atoms with Crippen LogP contribution in [0, 0.1) is 6.92 Å². The van der Waals surface area contributed by atoms with Crippen molar-refractivity contribution in [3.8, 4) is 0 Å². The molecular formula is C15H28N4. The molecule has 4 nitrogen and oxygen atoms in total. The molecule has 1 saturated heterocycles. The van der Waals surface area contributed by atoms with E-state index in [1.165, 1.54) is 24.9 Å². The van der Waals surface area contributed by atoms with Crippen LogP contribution in [0.1, 0.15) is 50.9 Å². The van der Waals surface area contributed by atoms with Gasteiger partial charge in [-0.1, -0.05) is 0 Å². The van der Waals surface area contributed by atoms with Crippen LogP contribution in [0.25, 0.3) is 0 Å². The van der Waals surface area contributed by atoms with Gasteiger partial charge in [-0.25, -0.2) is 0 Å². The highest BCUT2D eigenvalue weighted by Crippen LogP contribution is 2.25. The van der Waals surface area contributed by atoms with E-state index >= 15 is 0 Å². The molecule has 0 radical (unpaired) electrons. The van der Waals surface area contributed by atoms with E-state index < -0.39 is 0 Å². The molecule has 0 aromatic carbocycles. The van der Waals surface area contributed by atoms with Crippen LogP contribution in [0.4, 0.5) is 0 Å². The van der Waals surface area contributed by atoms with E-state index in [-0.39, 0.29) is 0 Å². The number of hydrogen-bond donors (Lipinski definition) is 1. The quantitative estimate of drug-likeness (QED) is 0.885. The molecule has 4 heteroatoms. The van der Waals surface area contributed by atoms with Crippen molar-refractivity contribution in [1.82, 2.24) is 20.0 Å². The monoisotopic (exact) mass is 264 g/mol. The predicted octanol–water partition coefficient (Wildman–Crippen LogP) is 2.25. The van der Waals surface area contributed by atoms with E-state index in [9.17, 15) is 0 Å². The van der Waals surface area contributed by atoms with Gasteiger partial charge in [0, 0.05) is 43.5 Å². The molecule has 2 unspecified atom stereocenters. The van der Waals surface area contributed by atoms with Crippen LogP contribution in [0.3, 0.4) is 0 Å². The zero-order valence-corrected chi connectivity index (χ0v) is 13.0. The van der Waals surface area contributed by atoms with Gasteiger partial charge >= 0.3 is 0 Å². The molecule has 108 valence electrons. The fourth-order valence-corrected chi connectivity index (χ4v) is 3.19. The van der Waals surface area contributed by atoms with Crippen molar-refractivity contribution < 1.29 is 0 Å². The highest BCUT2D eigenvalue weighted by Gasteiger charge is 2.25. The summed E-state index contributed by atoms with van der Waals surface area (Å²) in [7, 11) is 2.00. The smallest absolute Gasteiger partial charge is 0.0641 e. The van der Waals surface area contributed by atoms with Gasteiger partial charge in [0.25, 0.3) is 0 Å². The molecule has 1 aliphatic rings. The molecule has 19 heavy (non-hydrogen) atoms. The SMILES string of the molecule is Cc1nn(C)cc1C(C)N(CC1CCCN1)C(C)C. The maximum atomic E-state index is 4.48. The molecule has 1 fully saturated rings. The van der Waals surface area contributed by atoms with Gasteiger partial charge in [-0.15, -0.1) is 0 Å². The van der Waals surface area contributed by atoms with Gasteiger partial charge in [0.15, 0.2) is 0 Å². The molecule has 2 heterocycles. The number of hydrogen-bond acceptors (Lipinski definition) is 3. The highest BCUT2D eigenvalue weighted by atomic mass is 15.3. The maximum absolute atomic E-state index is 4.48. The van der Waals surface area contributed by atoms with E-state index in [1.807, 2.05) is 11.7 Å². The number of nitrogens with one attached hydrogen (secondary N) is 1. The highest BCUT2D eigenvalue weighted by molar-refractivity contribution is 5.19. The Hall–Kier alpha value is -0.870. The van der Waals surface area contributed by atoms with Crippen LogP contribution >= 0.6 is 0 Å². The Bertz CT molecular complexity index is 404. The summed E-state index contributed by atoms with van der Waals surface area (Å²) in [6, 6.07) is 1.63. The van der Waals surface area contributed by atoms with Crippen LogP contribution in [0.5, 0.6) is 0 Å². The standard InChI is InChI=1S/C15H28N4/c1-11(2)19(9-14-7-6-8-16-14)13(4)15-10-18(5)17-12(15)3/h10-11,13-14,16H,6-9H2,1-5H3. The van der Waals surface area contributed by atoms with Crippen molar-refractivity contribution in [3.63, 3.8) is 0 Å². The van der Waals surface area contributed by atoms with Gasteiger partial charge in [-0.2, -0.15) is 5.10 Å². The minimum atomic E-state index is 0.427. The number of aryl methyl sites for hydroxylation is 2. The second-order valence-electron chi connectivity index (χ2n) is 6.10. The number of nitrogens with zero attached hydrogens (tertiary/aromatic N) is 3. The second-order valence-corrected chi connectivity index (χ2v) is 6.10. The summed E-state index contributed by atoms with van der Waals surface area (Å²) in [6.45, 7) is 11.3. The summed E-state index contributed by atoms with van der Waals surface area (Å²) in [6.07, 6.45) is 4.79. The third kappa shape index (κ3) is 3.37. The van der Waals surface area contributed by atoms with Gasteiger partial charge in [0.1, 0.15) is 0 Å². The Balaban J connectivity index is 2.11. The zero-order chi connectivity index (χ0) is 14.0.